The fourth-order valence-electron chi connectivity index (χ4n) is 1.63. The lowest BCUT2D eigenvalue weighted by Crippen LogP contribution is -2.44. The van der Waals surface area contributed by atoms with E-state index in [4.69, 9.17) is 12.2 Å². The highest BCUT2D eigenvalue weighted by Gasteiger charge is 2.35. The molecule has 0 bridgehead atoms. The van der Waals surface area contributed by atoms with Crippen LogP contribution in [0.2, 0.25) is 0 Å². The fraction of sp³-hybridized carbons (Fsp3) is 0.300. The SMILES string of the molecule is CN1N[C@](C)(c2ccc(F)cc2)NC1=S. The van der Waals surface area contributed by atoms with Gasteiger partial charge in [-0.1, -0.05) is 12.1 Å². The molecule has 0 spiro atoms. The average Bonchev–Trinajstić information content (AvgIpc) is 2.43. The van der Waals surface area contributed by atoms with Crippen LogP contribution in [-0.4, -0.2) is 17.2 Å². The van der Waals surface area contributed by atoms with Crippen LogP contribution in [0.5, 0.6) is 0 Å². The first-order valence-electron chi connectivity index (χ1n) is 4.61. The van der Waals surface area contributed by atoms with Crippen molar-refractivity contribution in [3.63, 3.8) is 0 Å². The van der Waals surface area contributed by atoms with Crippen LogP contribution in [0.25, 0.3) is 0 Å². The summed E-state index contributed by atoms with van der Waals surface area (Å²) in [5.74, 6) is -0.240. The summed E-state index contributed by atoms with van der Waals surface area (Å²) in [4.78, 5) is 0. The maximum Gasteiger partial charge on any atom is 0.185 e. The lowest BCUT2D eigenvalue weighted by Gasteiger charge is -2.24. The van der Waals surface area contributed by atoms with Crippen molar-refractivity contribution in [1.82, 2.24) is 15.8 Å². The van der Waals surface area contributed by atoms with Crippen molar-refractivity contribution in [1.29, 1.82) is 0 Å². The van der Waals surface area contributed by atoms with Crippen LogP contribution in [0.4, 0.5) is 4.39 Å². The Bertz CT molecular complexity index is 392. The Morgan fingerprint density at radius 3 is 2.40 bits per heavy atom. The van der Waals surface area contributed by atoms with E-state index < -0.39 is 5.66 Å². The van der Waals surface area contributed by atoms with E-state index in [0.717, 1.165) is 5.56 Å². The Morgan fingerprint density at radius 1 is 1.33 bits per heavy atom. The minimum Gasteiger partial charge on any atom is -0.338 e. The summed E-state index contributed by atoms with van der Waals surface area (Å²) in [5, 5.41) is 5.50. The van der Waals surface area contributed by atoms with Crippen molar-refractivity contribution in [2.75, 3.05) is 7.05 Å². The van der Waals surface area contributed by atoms with Crippen LogP contribution in [0.1, 0.15) is 12.5 Å². The van der Waals surface area contributed by atoms with Gasteiger partial charge in [0.05, 0.1) is 0 Å². The Balaban J connectivity index is 2.31. The number of hydrogen-bond donors (Lipinski definition) is 2. The largest absolute Gasteiger partial charge is 0.338 e. The monoisotopic (exact) mass is 225 g/mol. The summed E-state index contributed by atoms with van der Waals surface area (Å²) in [6.45, 7) is 1.95. The molecule has 1 aromatic carbocycles. The van der Waals surface area contributed by atoms with Gasteiger partial charge < -0.3 is 5.32 Å². The molecule has 0 aliphatic carbocycles. The van der Waals surface area contributed by atoms with Gasteiger partial charge in [0.25, 0.3) is 0 Å². The van der Waals surface area contributed by atoms with Crippen LogP contribution in [0, 0.1) is 5.82 Å². The van der Waals surface area contributed by atoms with Gasteiger partial charge in [-0.3, -0.25) is 5.01 Å². The molecule has 80 valence electrons. The second-order valence-corrected chi connectivity index (χ2v) is 4.12. The van der Waals surface area contributed by atoms with E-state index in [0.29, 0.717) is 5.11 Å². The van der Waals surface area contributed by atoms with E-state index in [1.807, 2.05) is 14.0 Å². The second-order valence-electron chi connectivity index (χ2n) is 3.73. The third-order valence-electron chi connectivity index (χ3n) is 2.47. The van der Waals surface area contributed by atoms with Gasteiger partial charge in [-0.2, -0.15) is 0 Å². The normalized spacial score (nSPS) is 25.5. The van der Waals surface area contributed by atoms with Gasteiger partial charge in [0.15, 0.2) is 5.11 Å². The fourth-order valence-corrected chi connectivity index (χ4v) is 1.88. The number of hydrazine groups is 1. The molecule has 2 N–H and O–H groups in total. The van der Waals surface area contributed by atoms with Crippen LogP contribution in [0.15, 0.2) is 24.3 Å². The first-order chi connectivity index (χ1) is 7.01. The summed E-state index contributed by atoms with van der Waals surface area (Å²) in [7, 11) is 1.84. The Hall–Kier alpha value is -1.20. The van der Waals surface area contributed by atoms with Crippen molar-refractivity contribution in [2.24, 2.45) is 0 Å². The lowest BCUT2D eigenvalue weighted by molar-refractivity contribution is 0.266. The van der Waals surface area contributed by atoms with Gasteiger partial charge >= 0.3 is 0 Å². The van der Waals surface area contributed by atoms with Gasteiger partial charge in [-0.25, -0.2) is 9.82 Å². The highest BCUT2D eigenvalue weighted by Crippen LogP contribution is 2.22. The zero-order chi connectivity index (χ0) is 11.1. The first kappa shape index (κ1) is 10.3. The van der Waals surface area contributed by atoms with Gasteiger partial charge in [0.2, 0.25) is 0 Å². The number of nitrogens with one attached hydrogen (secondary N) is 2. The first-order valence-corrected chi connectivity index (χ1v) is 5.02. The molecule has 1 atom stereocenters. The van der Waals surface area contributed by atoms with Gasteiger partial charge in [-0.15, -0.1) is 0 Å². The summed E-state index contributed by atoms with van der Waals surface area (Å²) >= 11 is 5.09. The van der Waals surface area contributed by atoms with Crippen molar-refractivity contribution in [2.45, 2.75) is 12.6 Å². The van der Waals surface area contributed by atoms with Crippen molar-refractivity contribution >= 4 is 17.3 Å². The number of nitrogens with zero attached hydrogens (tertiary/aromatic N) is 1. The molecule has 0 unspecified atom stereocenters. The number of benzene rings is 1. The highest BCUT2D eigenvalue weighted by molar-refractivity contribution is 7.80. The third-order valence-corrected chi connectivity index (χ3v) is 2.85. The van der Waals surface area contributed by atoms with Crippen LogP contribution < -0.4 is 10.7 Å². The van der Waals surface area contributed by atoms with Crippen LogP contribution in [0.3, 0.4) is 0 Å². The zero-order valence-electron chi connectivity index (χ0n) is 8.54. The van der Waals surface area contributed by atoms with E-state index in [2.05, 4.69) is 10.7 Å². The summed E-state index contributed by atoms with van der Waals surface area (Å²) in [5.41, 5.74) is 3.66. The van der Waals surface area contributed by atoms with Crippen LogP contribution >= 0.6 is 12.2 Å². The van der Waals surface area contributed by atoms with E-state index in [9.17, 15) is 4.39 Å². The number of thiocarbonyl (C=S) groups is 1. The molecule has 15 heavy (non-hydrogen) atoms. The average molecular weight is 225 g/mol. The summed E-state index contributed by atoms with van der Waals surface area (Å²) in [6, 6.07) is 6.34. The molecule has 5 heteroatoms. The number of halogens is 1. The molecule has 2 rings (SSSR count). The predicted molar refractivity (Wildman–Crippen MR) is 60.4 cm³/mol. The zero-order valence-corrected chi connectivity index (χ0v) is 9.36. The molecule has 1 heterocycles. The van der Waals surface area contributed by atoms with Gasteiger partial charge in [0, 0.05) is 7.05 Å². The lowest BCUT2D eigenvalue weighted by atomic mass is 10.0. The Morgan fingerprint density at radius 2 is 1.93 bits per heavy atom. The molecule has 1 aromatic rings. The third kappa shape index (κ3) is 1.80. The molecule has 1 saturated heterocycles. The highest BCUT2D eigenvalue weighted by atomic mass is 32.1. The van der Waals surface area contributed by atoms with E-state index in [1.54, 1.807) is 17.1 Å². The Labute approximate surface area is 93.2 Å². The molecular formula is C10H12FN3S. The molecule has 1 aliphatic heterocycles. The van der Waals surface area contributed by atoms with E-state index in [1.165, 1.54) is 12.1 Å². The molecular weight excluding hydrogens is 213 g/mol. The van der Waals surface area contributed by atoms with Crippen molar-refractivity contribution in [3.05, 3.63) is 35.6 Å². The smallest absolute Gasteiger partial charge is 0.185 e. The van der Waals surface area contributed by atoms with Gasteiger partial charge in [-0.05, 0) is 36.8 Å². The van der Waals surface area contributed by atoms with E-state index in [-0.39, 0.29) is 5.82 Å². The molecule has 0 amide bonds. The van der Waals surface area contributed by atoms with Crippen molar-refractivity contribution < 1.29 is 4.39 Å². The summed E-state index contributed by atoms with van der Waals surface area (Å²) in [6.07, 6.45) is 0. The predicted octanol–water partition coefficient (Wildman–Crippen LogP) is 1.32. The maximum atomic E-state index is 12.8. The van der Waals surface area contributed by atoms with E-state index >= 15 is 0 Å². The molecule has 3 nitrogen and oxygen atoms in total. The number of rotatable bonds is 1. The topological polar surface area (TPSA) is 27.3 Å². The second kappa shape index (κ2) is 3.43. The van der Waals surface area contributed by atoms with Gasteiger partial charge in [0.1, 0.15) is 11.5 Å². The molecule has 0 aromatic heterocycles. The van der Waals surface area contributed by atoms with Crippen LogP contribution in [-0.2, 0) is 5.66 Å². The molecule has 0 radical (unpaired) electrons. The number of hydrogen-bond acceptors (Lipinski definition) is 2. The molecule has 1 fully saturated rings. The molecule has 0 saturated carbocycles. The maximum absolute atomic E-state index is 12.8. The summed E-state index contributed by atoms with van der Waals surface area (Å²) < 4.78 is 12.8. The Kier molecular flexibility index (Phi) is 2.36. The quantitative estimate of drug-likeness (QED) is 0.705. The minimum absolute atomic E-state index is 0.240. The van der Waals surface area contributed by atoms with Crippen molar-refractivity contribution in [3.8, 4) is 0 Å². The molecule has 1 aliphatic rings. The standard InChI is InChI=1S/C10H12FN3S/c1-10(12-9(15)14(2)13-10)7-3-5-8(11)6-4-7/h3-6,13H,1-2H3,(H,12,15)/t10-/m1/s1. The minimum atomic E-state index is -0.459.